The third-order valence-corrected chi connectivity index (χ3v) is 5.27. The van der Waals surface area contributed by atoms with E-state index in [4.69, 9.17) is 17.0 Å². The van der Waals surface area contributed by atoms with Gasteiger partial charge in [0.25, 0.3) is 0 Å². The number of hydrogen-bond acceptors (Lipinski definition) is 3. The van der Waals surface area contributed by atoms with E-state index in [1.54, 1.807) is 7.11 Å². The molecule has 1 aliphatic heterocycles. The quantitative estimate of drug-likeness (QED) is 0.678. The molecule has 1 saturated heterocycles. The predicted octanol–water partition coefficient (Wildman–Crippen LogP) is 4.09. The summed E-state index contributed by atoms with van der Waals surface area (Å²) in [7, 11) is 1.69. The second-order valence-corrected chi connectivity index (χ2v) is 6.77. The van der Waals surface area contributed by atoms with E-state index in [0.717, 1.165) is 23.7 Å². The number of aryl methyl sites for hydroxylation is 1. The predicted molar refractivity (Wildman–Crippen MR) is 111 cm³/mol. The van der Waals surface area contributed by atoms with Crippen LogP contribution in [0.3, 0.4) is 0 Å². The number of aromatic nitrogens is 2. The van der Waals surface area contributed by atoms with Gasteiger partial charge in [-0.25, -0.2) is 0 Å². The highest BCUT2D eigenvalue weighted by molar-refractivity contribution is 7.80. The fourth-order valence-electron chi connectivity index (χ4n) is 3.73. The maximum atomic E-state index is 5.76. The number of methoxy groups -OCH3 is 1. The molecule has 6 heteroatoms. The first kappa shape index (κ1) is 17.5. The van der Waals surface area contributed by atoms with Gasteiger partial charge < -0.3 is 19.5 Å². The zero-order chi connectivity index (χ0) is 18.8. The van der Waals surface area contributed by atoms with E-state index in [9.17, 15) is 0 Å². The zero-order valence-corrected chi connectivity index (χ0v) is 16.2. The minimum absolute atomic E-state index is 0.0290. The summed E-state index contributed by atoms with van der Waals surface area (Å²) in [6.07, 6.45) is 3.92. The second kappa shape index (κ2) is 7.40. The molecule has 1 fully saturated rings. The number of nitrogens with one attached hydrogen (secondary N) is 1. The number of pyridine rings is 1. The van der Waals surface area contributed by atoms with Crippen molar-refractivity contribution in [3.05, 3.63) is 78.4 Å². The Balaban J connectivity index is 1.88. The topological polar surface area (TPSA) is 42.3 Å². The summed E-state index contributed by atoms with van der Waals surface area (Å²) in [6, 6.07) is 18.1. The van der Waals surface area contributed by atoms with Crippen molar-refractivity contribution in [1.82, 2.24) is 14.9 Å². The molecule has 0 spiro atoms. The molecule has 4 rings (SSSR count). The van der Waals surface area contributed by atoms with Crippen molar-refractivity contribution in [2.24, 2.45) is 0 Å². The lowest BCUT2D eigenvalue weighted by molar-refractivity contribution is 0.414. The Morgan fingerprint density at radius 2 is 1.93 bits per heavy atom. The smallest absolute Gasteiger partial charge is 0.174 e. The normalized spacial score (nSPS) is 19.2. The van der Waals surface area contributed by atoms with Crippen LogP contribution in [0.5, 0.6) is 5.75 Å². The van der Waals surface area contributed by atoms with E-state index >= 15 is 0 Å². The lowest BCUT2D eigenvalue weighted by Gasteiger charge is -2.29. The van der Waals surface area contributed by atoms with Crippen molar-refractivity contribution in [3.8, 4) is 5.75 Å². The second-order valence-electron chi connectivity index (χ2n) is 6.39. The number of ether oxygens (including phenoxy) is 1. The van der Waals surface area contributed by atoms with E-state index in [1.807, 2.05) is 48.7 Å². The van der Waals surface area contributed by atoms with Crippen molar-refractivity contribution in [2.45, 2.75) is 25.6 Å². The molecule has 0 bridgehead atoms. The summed E-state index contributed by atoms with van der Waals surface area (Å²) in [6.45, 7) is 3.04. The number of nitrogens with zero attached hydrogens (tertiary/aromatic N) is 3. The number of hydrogen-bond donors (Lipinski definition) is 1. The van der Waals surface area contributed by atoms with Crippen LogP contribution >= 0.6 is 12.2 Å². The fourth-order valence-corrected chi connectivity index (χ4v) is 4.07. The zero-order valence-electron chi connectivity index (χ0n) is 15.4. The van der Waals surface area contributed by atoms with Crippen LogP contribution in [0.1, 0.15) is 30.4 Å². The van der Waals surface area contributed by atoms with Gasteiger partial charge in [-0.3, -0.25) is 4.98 Å². The SMILES string of the molecule is CCn1cccc1[C@@H]1[C@H](c2ccccn2)NC(=S)N1c1ccccc1OC. The molecule has 0 radical (unpaired) electrons. The molecule has 2 aromatic heterocycles. The molecular weight excluding hydrogens is 356 g/mol. The first-order valence-corrected chi connectivity index (χ1v) is 9.44. The molecule has 1 aromatic carbocycles. The van der Waals surface area contributed by atoms with Crippen molar-refractivity contribution >= 4 is 23.0 Å². The first-order valence-electron chi connectivity index (χ1n) is 9.03. The van der Waals surface area contributed by atoms with Crippen LogP contribution < -0.4 is 15.0 Å². The van der Waals surface area contributed by atoms with Gasteiger partial charge >= 0.3 is 0 Å². The third kappa shape index (κ3) is 3.06. The number of para-hydroxylation sites is 2. The molecule has 138 valence electrons. The third-order valence-electron chi connectivity index (χ3n) is 4.95. The molecule has 5 nitrogen and oxygen atoms in total. The van der Waals surface area contributed by atoms with Gasteiger partial charge in [0.2, 0.25) is 0 Å². The molecular formula is C21H22N4OS. The summed E-state index contributed by atoms with van der Waals surface area (Å²) in [5.41, 5.74) is 3.10. The number of rotatable bonds is 5. The number of thiocarbonyl (C=S) groups is 1. The van der Waals surface area contributed by atoms with E-state index in [1.165, 1.54) is 5.69 Å². The molecule has 0 aliphatic carbocycles. The Hall–Kier alpha value is -2.86. The van der Waals surface area contributed by atoms with Gasteiger partial charge in [-0.2, -0.15) is 0 Å². The molecule has 1 N–H and O–H groups in total. The van der Waals surface area contributed by atoms with Crippen molar-refractivity contribution in [2.75, 3.05) is 12.0 Å². The minimum atomic E-state index is -0.0520. The van der Waals surface area contributed by atoms with Gasteiger partial charge in [-0.15, -0.1) is 0 Å². The van der Waals surface area contributed by atoms with Crippen molar-refractivity contribution < 1.29 is 4.74 Å². The molecule has 27 heavy (non-hydrogen) atoms. The minimum Gasteiger partial charge on any atom is -0.495 e. The molecule has 1 aliphatic rings. The number of benzene rings is 1. The van der Waals surface area contributed by atoms with Gasteiger partial charge in [0, 0.05) is 24.6 Å². The Bertz CT molecular complexity index is 940. The van der Waals surface area contributed by atoms with Crippen molar-refractivity contribution in [1.29, 1.82) is 0 Å². The largest absolute Gasteiger partial charge is 0.495 e. The van der Waals surface area contributed by atoms with Crippen LogP contribution in [-0.2, 0) is 6.54 Å². The highest BCUT2D eigenvalue weighted by Gasteiger charge is 2.42. The average Bonchev–Trinajstić information content (AvgIpc) is 3.32. The van der Waals surface area contributed by atoms with Gasteiger partial charge in [0.1, 0.15) is 11.8 Å². The van der Waals surface area contributed by atoms with Crippen LogP contribution in [0.2, 0.25) is 0 Å². The summed E-state index contributed by atoms with van der Waals surface area (Å²) in [4.78, 5) is 6.74. The lowest BCUT2D eigenvalue weighted by Crippen LogP contribution is -2.30. The molecule has 3 heterocycles. The molecule has 3 aromatic rings. The standard InChI is InChI=1S/C21H22N4OS/c1-3-24-14-8-11-17(24)20-19(15-9-6-7-13-22-15)23-21(27)25(20)16-10-4-5-12-18(16)26-2/h4-14,19-20H,3H2,1-2H3,(H,23,27)/t19-,20+/m0/s1. The molecule has 0 saturated carbocycles. The van der Waals surface area contributed by atoms with Crippen LogP contribution in [-0.4, -0.2) is 21.8 Å². The van der Waals surface area contributed by atoms with Crippen molar-refractivity contribution in [3.63, 3.8) is 0 Å². The summed E-state index contributed by atoms with van der Waals surface area (Å²) < 4.78 is 7.87. The molecule has 0 unspecified atom stereocenters. The molecule has 0 amide bonds. The fraction of sp³-hybridized carbons (Fsp3) is 0.238. The highest BCUT2D eigenvalue weighted by atomic mass is 32.1. The molecule has 2 atom stereocenters. The van der Waals surface area contributed by atoms with Crippen LogP contribution in [0.15, 0.2) is 67.0 Å². The summed E-state index contributed by atoms with van der Waals surface area (Å²) in [5, 5.41) is 4.16. The highest BCUT2D eigenvalue weighted by Crippen LogP contribution is 2.44. The van der Waals surface area contributed by atoms with Gasteiger partial charge in [-0.1, -0.05) is 18.2 Å². The Kier molecular flexibility index (Phi) is 4.81. The van der Waals surface area contributed by atoms with Gasteiger partial charge in [-0.05, 0) is 55.5 Å². The first-order chi connectivity index (χ1) is 13.2. The van der Waals surface area contributed by atoms with E-state index in [0.29, 0.717) is 5.11 Å². The maximum Gasteiger partial charge on any atom is 0.174 e. The van der Waals surface area contributed by atoms with Crippen LogP contribution in [0, 0.1) is 0 Å². The van der Waals surface area contributed by atoms with Crippen LogP contribution in [0.25, 0.3) is 0 Å². The summed E-state index contributed by atoms with van der Waals surface area (Å²) in [5.74, 6) is 0.794. The lowest BCUT2D eigenvalue weighted by atomic mass is 10.0. The van der Waals surface area contributed by atoms with E-state index in [-0.39, 0.29) is 12.1 Å². The maximum absolute atomic E-state index is 5.76. The van der Waals surface area contributed by atoms with Gasteiger partial charge in [0.15, 0.2) is 5.11 Å². The van der Waals surface area contributed by atoms with Gasteiger partial charge in [0.05, 0.1) is 24.5 Å². The van der Waals surface area contributed by atoms with Crippen LogP contribution in [0.4, 0.5) is 5.69 Å². The Labute approximate surface area is 164 Å². The average molecular weight is 379 g/mol. The number of anilines is 1. The summed E-state index contributed by atoms with van der Waals surface area (Å²) >= 11 is 5.76. The van der Waals surface area contributed by atoms with E-state index in [2.05, 4.69) is 45.0 Å². The Morgan fingerprint density at radius 3 is 2.67 bits per heavy atom. The monoisotopic (exact) mass is 378 g/mol. The Morgan fingerprint density at radius 1 is 1.11 bits per heavy atom. The van der Waals surface area contributed by atoms with E-state index < -0.39 is 0 Å².